The van der Waals surface area contributed by atoms with Gasteiger partial charge in [-0.15, -0.1) is 0 Å². The van der Waals surface area contributed by atoms with E-state index in [4.69, 9.17) is 5.11 Å². The smallest absolute Gasteiger partial charge is 0.348 e. The molecule has 21 heavy (non-hydrogen) atoms. The second kappa shape index (κ2) is 5.02. The Hall–Kier alpha value is -2.68. The van der Waals surface area contributed by atoms with Gasteiger partial charge in [0.1, 0.15) is 17.2 Å². The van der Waals surface area contributed by atoms with Gasteiger partial charge >= 0.3 is 11.7 Å². The van der Waals surface area contributed by atoms with Gasteiger partial charge in [0.15, 0.2) is 5.65 Å². The van der Waals surface area contributed by atoms with Gasteiger partial charge in [-0.2, -0.15) is 5.10 Å². The Labute approximate surface area is 120 Å². The number of hydrogen-bond acceptors (Lipinski definition) is 5. The van der Waals surface area contributed by atoms with Crippen molar-refractivity contribution in [3.8, 4) is 0 Å². The molecule has 0 saturated heterocycles. The summed E-state index contributed by atoms with van der Waals surface area (Å²) in [4.78, 5) is 26.3. The quantitative estimate of drug-likeness (QED) is 0.710. The average Bonchev–Trinajstić information content (AvgIpc) is 2.82. The third-order valence-corrected chi connectivity index (χ3v) is 3.64. The molecule has 2 aromatic heterocycles. The van der Waals surface area contributed by atoms with E-state index in [0.717, 1.165) is 17.8 Å². The Morgan fingerprint density at radius 1 is 1.38 bits per heavy atom. The maximum atomic E-state index is 13.7. The van der Waals surface area contributed by atoms with E-state index in [1.807, 2.05) is 0 Å². The first kappa shape index (κ1) is 13.3. The third kappa shape index (κ3) is 2.50. The summed E-state index contributed by atoms with van der Waals surface area (Å²) in [5.74, 6) is -1.69. The van der Waals surface area contributed by atoms with E-state index in [1.54, 1.807) is 0 Å². The lowest BCUT2D eigenvalue weighted by Gasteiger charge is -2.04. The van der Waals surface area contributed by atoms with Crippen LogP contribution in [0.5, 0.6) is 0 Å². The summed E-state index contributed by atoms with van der Waals surface area (Å²) in [6, 6.07) is 5.00. The monoisotopic (exact) mass is 306 g/mol. The summed E-state index contributed by atoms with van der Waals surface area (Å²) >= 11 is 0.951. The van der Waals surface area contributed by atoms with E-state index in [-0.39, 0.29) is 10.5 Å². The van der Waals surface area contributed by atoms with Gasteiger partial charge in [-0.25, -0.2) is 28.5 Å². The molecule has 0 amide bonds. The number of nitrogens with one attached hydrogen (secondary N) is 1. The lowest BCUT2D eigenvalue weighted by atomic mass is 10.2. The van der Waals surface area contributed by atoms with Crippen LogP contribution in [0.15, 0.2) is 45.3 Å². The molecule has 2 N–H and O–H groups in total. The number of benzene rings is 1. The molecule has 7 nitrogen and oxygen atoms in total. The van der Waals surface area contributed by atoms with Gasteiger partial charge in [-0.05, 0) is 18.2 Å². The van der Waals surface area contributed by atoms with Gasteiger partial charge in [0.25, 0.3) is 0 Å². The number of carboxylic acid groups (broad SMARTS) is 1. The van der Waals surface area contributed by atoms with E-state index < -0.39 is 17.5 Å². The molecule has 3 aromatic rings. The van der Waals surface area contributed by atoms with Crippen LogP contribution >= 0.6 is 11.8 Å². The third-order valence-electron chi connectivity index (χ3n) is 2.68. The van der Waals surface area contributed by atoms with Crippen molar-refractivity contribution >= 4 is 23.4 Å². The van der Waals surface area contributed by atoms with E-state index in [1.165, 1.54) is 28.9 Å². The van der Waals surface area contributed by atoms with Gasteiger partial charge in [0.05, 0.1) is 10.5 Å². The fourth-order valence-electron chi connectivity index (χ4n) is 1.68. The van der Waals surface area contributed by atoms with Crippen molar-refractivity contribution in [3.63, 3.8) is 0 Å². The van der Waals surface area contributed by atoms with E-state index in [9.17, 15) is 14.0 Å². The summed E-state index contributed by atoms with van der Waals surface area (Å²) in [5.41, 5.74) is -0.101. The fourth-order valence-corrected chi connectivity index (χ4v) is 2.52. The van der Waals surface area contributed by atoms with Crippen molar-refractivity contribution in [2.45, 2.75) is 9.92 Å². The number of halogens is 1. The molecule has 0 unspecified atom stereocenters. The maximum absolute atomic E-state index is 13.7. The summed E-state index contributed by atoms with van der Waals surface area (Å²) in [6.45, 7) is 0. The first-order chi connectivity index (χ1) is 10.0. The second-order valence-corrected chi connectivity index (χ2v) is 5.10. The normalized spacial score (nSPS) is 10.9. The summed E-state index contributed by atoms with van der Waals surface area (Å²) in [7, 11) is 0. The van der Waals surface area contributed by atoms with E-state index in [0.29, 0.717) is 10.7 Å². The van der Waals surface area contributed by atoms with Gasteiger partial charge in [0.2, 0.25) is 0 Å². The van der Waals surface area contributed by atoms with Crippen LogP contribution in [0, 0.1) is 5.82 Å². The summed E-state index contributed by atoms with van der Waals surface area (Å²) in [5, 5.41) is 15.3. The Kier molecular flexibility index (Phi) is 3.18. The molecule has 0 atom stereocenters. The number of nitrogens with zero attached hydrogens (tertiary/aromatic N) is 3. The van der Waals surface area contributed by atoms with Crippen molar-refractivity contribution in [3.05, 3.63) is 52.5 Å². The van der Waals surface area contributed by atoms with E-state index >= 15 is 0 Å². The summed E-state index contributed by atoms with van der Waals surface area (Å²) in [6.07, 6.45) is 1.27. The number of fused-ring (bicyclic) bond motifs is 1. The molecule has 9 heteroatoms. The molecule has 0 aliphatic heterocycles. The number of carboxylic acids is 1. The fraction of sp³-hybridized carbons (Fsp3) is 0. The molecule has 0 spiro atoms. The molecule has 0 aliphatic rings. The number of rotatable bonds is 3. The standard InChI is InChI=1S/C12H7FN4O3S/c13-7-2-1-6(11(18)19)3-8(7)21-10-4-9-15-16-12(20)17(9)5-14-10/h1-5H,(H,16,20)(H,18,19). The molecular weight excluding hydrogens is 299 g/mol. The largest absolute Gasteiger partial charge is 0.478 e. The highest BCUT2D eigenvalue weighted by atomic mass is 32.2. The van der Waals surface area contributed by atoms with Gasteiger partial charge in [-0.3, -0.25) is 0 Å². The predicted octanol–water partition coefficient (Wildman–Crippen LogP) is 1.41. The first-order valence-electron chi connectivity index (χ1n) is 5.68. The van der Waals surface area contributed by atoms with Gasteiger partial charge < -0.3 is 5.11 Å². The molecule has 2 heterocycles. The predicted molar refractivity (Wildman–Crippen MR) is 71.1 cm³/mol. The molecule has 0 fully saturated rings. The van der Waals surface area contributed by atoms with Crippen LogP contribution in [0.1, 0.15) is 10.4 Å². The van der Waals surface area contributed by atoms with Crippen molar-refractivity contribution in [2.24, 2.45) is 0 Å². The highest BCUT2D eigenvalue weighted by Gasteiger charge is 2.11. The Morgan fingerprint density at radius 2 is 2.19 bits per heavy atom. The molecular formula is C12H7FN4O3S. The molecule has 106 valence electrons. The van der Waals surface area contributed by atoms with Crippen LogP contribution in [0.3, 0.4) is 0 Å². The van der Waals surface area contributed by atoms with Crippen molar-refractivity contribution < 1.29 is 14.3 Å². The van der Waals surface area contributed by atoms with E-state index in [2.05, 4.69) is 15.2 Å². The number of aromatic amines is 1. The lowest BCUT2D eigenvalue weighted by Crippen LogP contribution is -2.09. The zero-order chi connectivity index (χ0) is 15.0. The molecule has 3 rings (SSSR count). The zero-order valence-corrected chi connectivity index (χ0v) is 11.1. The van der Waals surface area contributed by atoms with Crippen LogP contribution in [0.2, 0.25) is 0 Å². The van der Waals surface area contributed by atoms with Crippen LogP contribution < -0.4 is 5.69 Å². The number of aromatic carboxylic acids is 1. The van der Waals surface area contributed by atoms with Crippen LogP contribution in [0.4, 0.5) is 4.39 Å². The molecule has 0 radical (unpaired) electrons. The zero-order valence-electron chi connectivity index (χ0n) is 10.3. The second-order valence-electron chi connectivity index (χ2n) is 4.04. The average molecular weight is 306 g/mol. The Balaban J connectivity index is 1.99. The molecule has 0 aliphatic carbocycles. The topological polar surface area (TPSA) is 100 Å². The lowest BCUT2D eigenvalue weighted by molar-refractivity contribution is 0.0696. The minimum atomic E-state index is -1.14. The van der Waals surface area contributed by atoms with Crippen molar-refractivity contribution in [1.82, 2.24) is 19.6 Å². The highest BCUT2D eigenvalue weighted by Crippen LogP contribution is 2.29. The molecule has 1 aromatic carbocycles. The highest BCUT2D eigenvalue weighted by molar-refractivity contribution is 7.99. The van der Waals surface area contributed by atoms with Gasteiger partial charge in [0, 0.05) is 6.07 Å². The SMILES string of the molecule is O=C(O)c1ccc(F)c(Sc2cc3n[nH]c(=O)n3cn2)c1. The van der Waals surface area contributed by atoms with Gasteiger partial charge in [-0.1, -0.05) is 11.8 Å². The number of aromatic nitrogens is 4. The number of hydrogen-bond donors (Lipinski definition) is 2. The summed E-state index contributed by atoms with van der Waals surface area (Å²) < 4.78 is 14.9. The minimum Gasteiger partial charge on any atom is -0.478 e. The van der Waals surface area contributed by atoms with Crippen molar-refractivity contribution in [1.29, 1.82) is 0 Å². The maximum Gasteiger partial charge on any atom is 0.348 e. The Bertz CT molecular complexity index is 905. The first-order valence-corrected chi connectivity index (χ1v) is 6.50. The number of carbonyl (C=O) groups is 1. The van der Waals surface area contributed by atoms with Crippen LogP contribution in [0.25, 0.3) is 5.65 Å². The van der Waals surface area contributed by atoms with Crippen molar-refractivity contribution in [2.75, 3.05) is 0 Å². The molecule has 0 bridgehead atoms. The molecule has 0 saturated carbocycles. The van der Waals surface area contributed by atoms with Crippen LogP contribution in [-0.2, 0) is 0 Å². The minimum absolute atomic E-state index is 0.0176. The van der Waals surface area contributed by atoms with Crippen LogP contribution in [-0.4, -0.2) is 30.7 Å². The number of H-pyrrole nitrogens is 1. The Morgan fingerprint density at radius 3 is 2.95 bits per heavy atom.